The van der Waals surface area contributed by atoms with Crippen LogP contribution in [-0.4, -0.2) is 23.1 Å². The van der Waals surface area contributed by atoms with Gasteiger partial charge >= 0.3 is 0 Å². The zero-order valence-corrected chi connectivity index (χ0v) is 14.8. The van der Waals surface area contributed by atoms with Crippen molar-refractivity contribution in [3.05, 3.63) is 47.3 Å². The van der Waals surface area contributed by atoms with Gasteiger partial charge < -0.3 is 9.67 Å². The maximum absolute atomic E-state index is 12.8. The Kier molecular flexibility index (Phi) is 5.26. The van der Waals surface area contributed by atoms with E-state index >= 15 is 0 Å². The topological polar surface area (TPSA) is 72.2 Å². The number of aliphatic hydroxyl groups excluding tert-OH is 1. The van der Waals surface area contributed by atoms with E-state index in [4.69, 9.17) is 5.11 Å². The maximum atomic E-state index is 12.8. The number of rotatable bonds is 6. The van der Waals surface area contributed by atoms with E-state index < -0.39 is 9.84 Å². The Balaban J connectivity index is 2.39. The summed E-state index contributed by atoms with van der Waals surface area (Å²) in [6, 6.07) is 6.96. The molecule has 0 unspecified atom stereocenters. The summed E-state index contributed by atoms with van der Waals surface area (Å²) in [6.07, 6.45) is 1.66. The Hall–Kier alpha value is -1.66. The molecule has 1 aromatic heterocycles. The van der Waals surface area contributed by atoms with E-state index in [1.165, 1.54) is 0 Å². The molecule has 0 atom stereocenters. The minimum absolute atomic E-state index is 0.0245. The first-order valence-electron chi connectivity index (χ1n) is 7.74. The van der Waals surface area contributed by atoms with Crippen molar-refractivity contribution in [2.24, 2.45) is 0 Å². The lowest BCUT2D eigenvalue weighted by molar-refractivity contribution is 0.282. The molecular weight excluding hydrogens is 312 g/mol. The molecule has 0 saturated carbocycles. The van der Waals surface area contributed by atoms with Crippen LogP contribution in [0, 0.1) is 0 Å². The molecule has 0 amide bonds. The summed E-state index contributed by atoms with van der Waals surface area (Å²) in [4.78, 5) is 4.20. The molecule has 23 heavy (non-hydrogen) atoms. The summed E-state index contributed by atoms with van der Waals surface area (Å²) in [5.74, 6) is 0.109. The lowest BCUT2D eigenvalue weighted by Crippen LogP contribution is -2.16. The van der Waals surface area contributed by atoms with Crippen LogP contribution in [0.3, 0.4) is 0 Å². The van der Waals surface area contributed by atoms with Gasteiger partial charge in [0.1, 0.15) is 0 Å². The van der Waals surface area contributed by atoms with E-state index in [0.717, 1.165) is 11.3 Å². The molecule has 0 spiro atoms. The summed E-state index contributed by atoms with van der Waals surface area (Å²) in [5.41, 5.74) is 2.37. The largest absolute Gasteiger partial charge is 0.392 e. The molecule has 1 N–H and O–H groups in total. The highest BCUT2D eigenvalue weighted by Gasteiger charge is 2.26. The van der Waals surface area contributed by atoms with Crippen LogP contribution in [0.5, 0.6) is 0 Å². The second-order valence-corrected chi connectivity index (χ2v) is 8.20. The van der Waals surface area contributed by atoms with E-state index in [0.29, 0.717) is 5.56 Å². The van der Waals surface area contributed by atoms with Gasteiger partial charge in [0.15, 0.2) is 0 Å². The molecule has 0 aliphatic rings. The van der Waals surface area contributed by atoms with E-state index in [1.54, 1.807) is 30.5 Å². The zero-order chi connectivity index (χ0) is 17.2. The first-order chi connectivity index (χ1) is 10.8. The molecule has 2 aromatic rings. The van der Waals surface area contributed by atoms with Gasteiger partial charge in [-0.25, -0.2) is 13.4 Å². The fourth-order valence-corrected chi connectivity index (χ4v) is 4.15. The molecule has 0 aliphatic heterocycles. The number of nitrogens with zero attached hydrogens (tertiary/aromatic N) is 2. The van der Waals surface area contributed by atoms with Crippen molar-refractivity contribution in [1.82, 2.24) is 9.55 Å². The van der Waals surface area contributed by atoms with Crippen molar-refractivity contribution >= 4 is 9.84 Å². The highest BCUT2D eigenvalue weighted by molar-refractivity contribution is 7.90. The van der Waals surface area contributed by atoms with E-state index in [9.17, 15) is 8.42 Å². The third kappa shape index (κ3) is 3.82. The number of aliphatic hydroxyl groups is 1. The Labute approximate surface area is 137 Å². The maximum Gasteiger partial charge on any atom is 0.228 e. The van der Waals surface area contributed by atoms with Crippen molar-refractivity contribution < 1.29 is 13.5 Å². The van der Waals surface area contributed by atoms with Crippen LogP contribution in [0.25, 0.3) is 0 Å². The van der Waals surface area contributed by atoms with Crippen molar-refractivity contribution in [1.29, 1.82) is 0 Å². The molecule has 5 nitrogen and oxygen atoms in total. The van der Waals surface area contributed by atoms with E-state index in [2.05, 4.69) is 4.98 Å². The predicted octanol–water partition coefficient (Wildman–Crippen LogP) is 3.05. The minimum Gasteiger partial charge on any atom is -0.392 e. The Morgan fingerprint density at radius 1 is 1.09 bits per heavy atom. The second-order valence-electron chi connectivity index (χ2n) is 6.32. The van der Waals surface area contributed by atoms with Gasteiger partial charge in [-0.15, -0.1) is 0 Å². The summed E-state index contributed by atoms with van der Waals surface area (Å²) in [6.45, 7) is 7.92. The van der Waals surface area contributed by atoms with Crippen LogP contribution < -0.4 is 0 Å². The van der Waals surface area contributed by atoms with Crippen LogP contribution in [0.15, 0.2) is 35.6 Å². The van der Waals surface area contributed by atoms with Crippen LogP contribution >= 0.6 is 0 Å². The Morgan fingerprint density at radius 2 is 1.65 bits per heavy atom. The molecule has 126 valence electrons. The van der Waals surface area contributed by atoms with Crippen molar-refractivity contribution in [3.63, 3.8) is 0 Å². The Bertz CT molecular complexity index is 760. The third-order valence-corrected chi connectivity index (χ3v) is 5.31. The molecular formula is C17H24N2O3S. The highest BCUT2D eigenvalue weighted by Crippen LogP contribution is 2.25. The van der Waals surface area contributed by atoms with Crippen molar-refractivity contribution in [2.75, 3.05) is 0 Å². The molecule has 0 saturated heterocycles. The molecule has 2 rings (SSSR count). The normalized spacial score (nSPS) is 12.3. The third-order valence-electron chi connectivity index (χ3n) is 3.74. The Morgan fingerprint density at radius 3 is 2.13 bits per heavy atom. The van der Waals surface area contributed by atoms with Gasteiger partial charge in [-0.1, -0.05) is 38.1 Å². The molecule has 0 aliphatic carbocycles. The average molecular weight is 336 g/mol. The SMILES string of the molecule is CC(C)c1cnc(S(=O)(=O)Cc2ccc(CO)cc2)n1C(C)C. The van der Waals surface area contributed by atoms with Gasteiger partial charge in [0.05, 0.1) is 12.4 Å². The second kappa shape index (κ2) is 6.84. The molecule has 1 heterocycles. The lowest BCUT2D eigenvalue weighted by atomic mass is 10.1. The average Bonchev–Trinajstić information content (AvgIpc) is 2.94. The predicted molar refractivity (Wildman–Crippen MR) is 90.0 cm³/mol. The van der Waals surface area contributed by atoms with Gasteiger partial charge in [-0.05, 0) is 30.9 Å². The summed E-state index contributed by atoms with van der Waals surface area (Å²) < 4.78 is 27.4. The number of aromatic nitrogens is 2. The standard InChI is InChI=1S/C17H24N2O3S/c1-12(2)16-9-18-17(19(16)13(3)4)23(21,22)11-15-7-5-14(10-20)6-8-15/h5-9,12-13,20H,10-11H2,1-4H3. The monoisotopic (exact) mass is 336 g/mol. The van der Waals surface area contributed by atoms with Crippen LogP contribution in [-0.2, 0) is 22.2 Å². The number of sulfone groups is 1. The smallest absolute Gasteiger partial charge is 0.228 e. The molecule has 0 radical (unpaired) electrons. The highest BCUT2D eigenvalue weighted by atomic mass is 32.2. The molecule has 0 fully saturated rings. The first-order valence-corrected chi connectivity index (χ1v) is 9.40. The number of imidazole rings is 1. The van der Waals surface area contributed by atoms with Crippen LogP contribution in [0.2, 0.25) is 0 Å². The zero-order valence-electron chi connectivity index (χ0n) is 14.0. The molecule has 6 heteroatoms. The molecule has 0 bridgehead atoms. The van der Waals surface area contributed by atoms with Gasteiger partial charge in [0.25, 0.3) is 0 Å². The van der Waals surface area contributed by atoms with Gasteiger partial charge in [0, 0.05) is 17.9 Å². The summed E-state index contributed by atoms with van der Waals surface area (Å²) >= 11 is 0. The summed E-state index contributed by atoms with van der Waals surface area (Å²) in [7, 11) is -3.53. The van der Waals surface area contributed by atoms with E-state index in [-0.39, 0.29) is 29.5 Å². The molecule has 1 aromatic carbocycles. The van der Waals surface area contributed by atoms with E-state index in [1.807, 2.05) is 32.3 Å². The van der Waals surface area contributed by atoms with Gasteiger partial charge in [-0.3, -0.25) is 0 Å². The first kappa shape index (κ1) is 17.7. The fourth-order valence-electron chi connectivity index (χ4n) is 2.56. The lowest BCUT2D eigenvalue weighted by Gasteiger charge is -2.17. The quantitative estimate of drug-likeness (QED) is 0.880. The summed E-state index contributed by atoms with van der Waals surface area (Å²) in [5, 5.41) is 9.19. The fraction of sp³-hybridized carbons (Fsp3) is 0.471. The van der Waals surface area contributed by atoms with Gasteiger partial charge in [-0.2, -0.15) is 0 Å². The van der Waals surface area contributed by atoms with Crippen molar-refractivity contribution in [2.45, 2.75) is 57.2 Å². The number of benzene rings is 1. The van der Waals surface area contributed by atoms with Crippen molar-refractivity contribution in [3.8, 4) is 0 Å². The number of hydrogen-bond donors (Lipinski definition) is 1. The van der Waals surface area contributed by atoms with Gasteiger partial charge in [0.2, 0.25) is 15.0 Å². The van der Waals surface area contributed by atoms with Crippen LogP contribution in [0.4, 0.5) is 0 Å². The minimum atomic E-state index is -3.53. The van der Waals surface area contributed by atoms with Crippen LogP contribution in [0.1, 0.15) is 56.5 Å². The number of hydrogen-bond acceptors (Lipinski definition) is 4.